The summed E-state index contributed by atoms with van der Waals surface area (Å²) in [6.07, 6.45) is 0. The lowest BCUT2D eigenvalue weighted by atomic mass is 10.4. The van der Waals surface area contributed by atoms with E-state index in [2.05, 4.69) is 5.38 Å². The van der Waals surface area contributed by atoms with Crippen LogP contribution in [0.3, 0.4) is 0 Å². The average Bonchev–Trinajstić information content (AvgIpc) is 3.17. The molecule has 2 nitrogen and oxygen atoms in total. The molecule has 0 atom stereocenters. The molecule has 4 heteroatoms. The summed E-state index contributed by atoms with van der Waals surface area (Å²) in [6.45, 7) is 9.35. The summed E-state index contributed by atoms with van der Waals surface area (Å²) in [5.74, 6) is 0. The second-order valence-electron chi connectivity index (χ2n) is 2.62. The van der Waals surface area contributed by atoms with Gasteiger partial charge >= 0.3 is 0 Å². The van der Waals surface area contributed by atoms with Gasteiger partial charge in [-0.3, -0.25) is 0 Å². The van der Waals surface area contributed by atoms with Crippen LogP contribution < -0.4 is 11.5 Å². The summed E-state index contributed by atoms with van der Waals surface area (Å²) >= 11 is 3.38. The largest absolute Gasteiger partial charge is 0.326 e. The van der Waals surface area contributed by atoms with E-state index in [1.165, 1.54) is 10.4 Å². The SMILES string of the molecule is CC.CC.NCc1cccs1.NCc1ccsc1. The first-order valence-corrected chi connectivity index (χ1v) is 8.12. The Morgan fingerprint density at radius 2 is 1.61 bits per heavy atom. The molecule has 0 saturated carbocycles. The summed E-state index contributed by atoms with van der Waals surface area (Å²) in [7, 11) is 0. The topological polar surface area (TPSA) is 52.0 Å². The fourth-order valence-electron chi connectivity index (χ4n) is 0.838. The van der Waals surface area contributed by atoms with Crippen LogP contribution in [-0.2, 0) is 13.1 Å². The Morgan fingerprint density at radius 3 is 1.83 bits per heavy atom. The van der Waals surface area contributed by atoms with E-state index >= 15 is 0 Å². The normalized spacial score (nSPS) is 7.89. The maximum atomic E-state index is 5.30. The van der Waals surface area contributed by atoms with Crippen LogP contribution in [0.25, 0.3) is 0 Å². The van der Waals surface area contributed by atoms with Crippen molar-refractivity contribution in [2.75, 3.05) is 0 Å². The van der Waals surface area contributed by atoms with E-state index in [1.54, 1.807) is 22.7 Å². The van der Waals surface area contributed by atoms with Crippen LogP contribution in [0.5, 0.6) is 0 Å². The summed E-state index contributed by atoms with van der Waals surface area (Å²) in [4.78, 5) is 1.25. The fraction of sp³-hybridized carbons (Fsp3) is 0.429. The molecule has 0 aliphatic heterocycles. The monoisotopic (exact) mass is 286 g/mol. The van der Waals surface area contributed by atoms with Gasteiger partial charge < -0.3 is 11.5 Å². The minimum atomic E-state index is 0.670. The summed E-state index contributed by atoms with van der Waals surface area (Å²) in [5, 5.41) is 6.12. The highest BCUT2D eigenvalue weighted by Gasteiger charge is 1.83. The van der Waals surface area contributed by atoms with Crippen molar-refractivity contribution in [1.82, 2.24) is 0 Å². The van der Waals surface area contributed by atoms with E-state index in [9.17, 15) is 0 Å². The first kappa shape index (κ1) is 19.7. The van der Waals surface area contributed by atoms with Crippen molar-refractivity contribution in [2.24, 2.45) is 11.5 Å². The molecule has 4 N–H and O–H groups in total. The fourth-order valence-corrected chi connectivity index (χ4v) is 2.10. The highest BCUT2D eigenvalue weighted by atomic mass is 32.1. The summed E-state index contributed by atoms with van der Waals surface area (Å²) in [5.41, 5.74) is 11.8. The quantitative estimate of drug-likeness (QED) is 0.856. The van der Waals surface area contributed by atoms with Crippen molar-refractivity contribution < 1.29 is 0 Å². The molecule has 104 valence electrons. The highest BCUT2D eigenvalue weighted by Crippen LogP contribution is 2.05. The molecule has 2 rings (SSSR count). The average molecular weight is 287 g/mol. The van der Waals surface area contributed by atoms with E-state index in [4.69, 9.17) is 11.5 Å². The zero-order valence-corrected chi connectivity index (χ0v) is 13.5. The lowest BCUT2D eigenvalue weighted by Crippen LogP contribution is -1.92. The van der Waals surface area contributed by atoms with Gasteiger partial charge in [-0.25, -0.2) is 0 Å². The van der Waals surface area contributed by atoms with Gasteiger partial charge in [0, 0.05) is 18.0 Å². The van der Waals surface area contributed by atoms with Crippen LogP contribution in [0.2, 0.25) is 0 Å². The molecule has 0 unspecified atom stereocenters. The van der Waals surface area contributed by atoms with Crippen LogP contribution in [0.15, 0.2) is 34.3 Å². The number of hydrogen-bond donors (Lipinski definition) is 2. The van der Waals surface area contributed by atoms with Crippen molar-refractivity contribution in [2.45, 2.75) is 40.8 Å². The summed E-state index contributed by atoms with van der Waals surface area (Å²) < 4.78 is 0. The molecule has 0 fully saturated rings. The van der Waals surface area contributed by atoms with Gasteiger partial charge in [-0.2, -0.15) is 11.3 Å². The van der Waals surface area contributed by atoms with Crippen molar-refractivity contribution >= 4 is 22.7 Å². The van der Waals surface area contributed by atoms with Crippen molar-refractivity contribution in [3.8, 4) is 0 Å². The van der Waals surface area contributed by atoms with Crippen LogP contribution in [0.1, 0.15) is 38.1 Å². The Kier molecular flexibility index (Phi) is 17.8. The van der Waals surface area contributed by atoms with Gasteiger partial charge in [-0.1, -0.05) is 33.8 Å². The molecule has 0 amide bonds. The van der Waals surface area contributed by atoms with Crippen molar-refractivity contribution in [3.05, 3.63) is 44.8 Å². The smallest absolute Gasteiger partial charge is 0.0273 e. The predicted octanol–water partition coefficient (Wildman–Crippen LogP) is 4.47. The number of nitrogens with two attached hydrogens (primary N) is 2. The van der Waals surface area contributed by atoms with E-state index < -0.39 is 0 Å². The second-order valence-corrected chi connectivity index (χ2v) is 4.43. The minimum absolute atomic E-state index is 0.670. The Morgan fingerprint density at radius 1 is 0.944 bits per heavy atom. The zero-order chi connectivity index (χ0) is 14.2. The minimum Gasteiger partial charge on any atom is -0.326 e. The van der Waals surface area contributed by atoms with Gasteiger partial charge in [0.05, 0.1) is 0 Å². The third kappa shape index (κ3) is 10.5. The first-order chi connectivity index (χ1) is 8.86. The van der Waals surface area contributed by atoms with Gasteiger partial charge in [-0.05, 0) is 33.8 Å². The first-order valence-electron chi connectivity index (χ1n) is 6.30. The Hall–Kier alpha value is -0.680. The van der Waals surface area contributed by atoms with Crippen LogP contribution in [-0.4, -0.2) is 0 Å². The van der Waals surface area contributed by atoms with Gasteiger partial charge in [0.15, 0.2) is 0 Å². The number of rotatable bonds is 2. The highest BCUT2D eigenvalue weighted by molar-refractivity contribution is 7.09. The molecular weight excluding hydrogens is 260 g/mol. The Balaban J connectivity index is 0. The standard InChI is InChI=1S/2C5H7NS.2C2H6/c6-3-5-1-2-7-4-5;6-4-5-2-1-3-7-5;2*1-2/h1-2,4H,3,6H2;1-3H,4,6H2;2*1-2H3. The van der Waals surface area contributed by atoms with Crippen LogP contribution >= 0.6 is 22.7 Å². The molecule has 2 aromatic heterocycles. The van der Waals surface area contributed by atoms with Gasteiger partial charge in [0.2, 0.25) is 0 Å². The molecule has 2 aromatic rings. The number of hydrogen-bond acceptors (Lipinski definition) is 4. The molecule has 18 heavy (non-hydrogen) atoms. The molecule has 0 aromatic carbocycles. The molecular formula is C14H26N2S2. The van der Waals surface area contributed by atoms with E-state index in [0.29, 0.717) is 13.1 Å². The molecule has 0 spiro atoms. The van der Waals surface area contributed by atoms with Crippen molar-refractivity contribution in [3.63, 3.8) is 0 Å². The zero-order valence-electron chi connectivity index (χ0n) is 11.8. The summed E-state index contributed by atoms with van der Waals surface area (Å²) in [6, 6.07) is 6.07. The molecule has 0 aliphatic carbocycles. The lowest BCUT2D eigenvalue weighted by Gasteiger charge is -1.79. The molecule has 0 aliphatic rings. The maximum absolute atomic E-state index is 5.30. The van der Waals surface area contributed by atoms with Gasteiger partial charge in [0.1, 0.15) is 0 Å². The molecule has 0 saturated heterocycles. The molecule has 0 bridgehead atoms. The van der Waals surface area contributed by atoms with E-state index in [1.807, 2.05) is 56.7 Å². The third-order valence-corrected chi connectivity index (χ3v) is 3.23. The van der Waals surface area contributed by atoms with Crippen LogP contribution in [0, 0.1) is 0 Å². The van der Waals surface area contributed by atoms with E-state index in [-0.39, 0.29) is 0 Å². The third-order valence-electron chi connectivity index (χ3n) is 1.60. The Bertz CT molecular complexity index is 281. The van der Waals surface area contributed by atoms with Gasteiger partial charge in [0.25, 0.3) is 0 Å². The van der Waals surface area contributed by atoms with Crippen LogP contribution in [0.4, 0.5) is 0 Å². The maximum Gasteiger partial charge on any atom is 0.0273 e. The van der Waals surface area contributed by atoms with Gasteiger partial charge in [-0.15, -0.1) is 11.3 Å². The predicted molar refractivity (Wildman–Crippen MR) is 87.1 cm³/mol. The second kappa shape index (κ2) is 16.3. The lowest BCUT2D eigenvalue weighted by molar-refractivity contribution is 1.08. The molecule has 0 radical (unpaired) electrons. The van der Waals surface area contributed by atoms with E-state index in [0.717, 1.165) is 0 Å². The number of thiophene rings is 2. The van der Waals surface area contributed by atoms with Crippen molar-refractivity contribution in [1.29, 1.82) is 0 Å². The Labute approximate surface area is 120 Å². The molecule has 2 heterocycles.